The summed E-state index contributed by atoms with van der Waals surface area (Å²) in [5.41, 5.74) is 3.69. The van der Waals surface area contributed by atoms with Crippen molar-refractivity contribution in [2.24, 2.45) is 0 Å². The number of rotatable bonds is 8. The van der Waals surface area contributed by atoms with Crippen molar-refractivity contribution in [1.29, 1.82) is 5.26 Å². The second-order valence-corrected chi connectivity index (χ2v) is 8.24. The van der Waals surface area contributed by atoms with Gasteiger partial charge in [0.05, 0.1) is 16.6 Å². The van der Waals surface area contributed by atoms with E-state index in [4.69, 9.17) is 9.47 Å². The van der Waals surface area contributed by atoms with Gasteiger partial charge in [-0.2, -0.15) is 5.26 Å². The number of aryl methyl sites for hydroxylation is 1. The monoisotopic (exact) mass is 518 g/mol. The van der Waals surface area contributed by atoms with E-state index in [0.717, 1.165) is 5.56 Å². The number of amides is 1. The highest BCUT2D eigenvalue weighted by Crippen LogP contribution is 2.28. The van der Waals surface area contributed by atoms with Gasteiger partial charge in [0.2, 0.25) is 0 Å². The number of hydrogen-bond acceptors (Lipinski definition) is 5. The minimum absolute atomic E-state index is 0.0605. The van der Waals surface area contributed by atoms with E-state index >= 15 is 0 Å². The lowest BCUT2D eigenvalue weighted by molar-refractivity contribution is -0.112. The molecule has 0 unspecified atom stereocenters. The van der Waals surface area contributed by atoms with Gasteiger partial charge in [-0.1, -0.05) is 35.9 Å². The molecule has 7 heteroatoms. The summed E-state index contributed by atoms with van der Waals surface area (Å²) in [4.78, 5) is 24.3. The SMILES string of the molecule is CCOC(=O)c1ccc(NC(=O)/C(C#N)=C/c2ccc(OCc3ccc(C)cc3)c(Br)c2)cc1. The Hall–Kier alpha value is -3.89. The van der Waals surface area contributed by atoms with Gasteiger partial charge < -0.3 is 14.8 Å². The van der Waals surface area contributed by atoms with Gasteiger partial charge in [0.1, 0.15) is 24.0 Å². The van der Waals surface area contributed by atoms with E-state index in [2.05, 4.69) is 21.2 Å². The summed E-state index contributed by atoms with van der Waals surface area (Å²) < 4.78 is 11.5. The molecule has 0 radical (unpaired) electrons. The number of nitrogens with zero attached hydrogens (tertiary/aromatic N) is 1. The Bertz CT molecular complexity index is 1240. The van der Waals surface area contributed by atoms with E-state index in [1.54, 1.807) is 49.4 Å². The molecule has 172 valence electrons. The number of nitriles is 1. The molecule has 34 heavy (non-hydrogen) atoms. The van der Waals surface area contributed by atoms with E-state index in [-0.39, 0.29) is 12.2 Å². The molecule has 3 aromatic rings. The van der Waals surface area contributed by atoms with E-state index in [9.17, 15) is 14.9 Å². The maximum Gasteiger partial charge on any atom is 0.338 e. The van der Waals surface area contributed by atoms with Crippen LogP contribution in [0.15, 0.2) is 76.8 Å². The van der Waals surface area contributed by atoms with Crippen molar-refractivity contribution in [3.63, 3.8) is 0 Å². The Balaban J connectivity index is 1.66. The first-order valence-corrected chi connectivity index (χ1v) is 11.4. The van der Waals surface area contributed by atoms with Crippen LogP contribution in [0.2, 0.25) is 0 Å². The zero-order chi connectivity index (χ0) is 24.5. The lowest BCUT2D eigenvalue weighted by Crippen LogP contribution is -2.13. The second kappa shape index (κ2) is 11.8. The fourth-order valence-corrected chi connectivity index (χ4v) is 3.50. The molecule has 0 fully saturated rings. The van der Waals surface area contributed by atoms with Gasteiger partial charge in [0.15, 0.2) is 0 Å². The molecule has 0 saturated heterocycles. The number of nitrogens with one attached hydrogen (secondary N) is 1. The highest BCUT2D eigenvalue weighted by Gasteiger charge is 2.12. The molecule has 0 heterocycles. The van der Waals surface area contributed by atoms with Crippen LogP contribution in [0.25, 0.3) is 6.08 Å². The summed E-state index contributed by atoms with van der Waals surface area (Å²) in [7, 11) is 0. The van der Waals surface area contributed by atoms with Crippen LogP contribution in [0, 0.1) is 18.3 Å². The molecule has 0 spiro atoms. The van der Waals surface area contributed by atoms with Crippen molar-refractivity contribution < 1.29 is 19.1 Å². The first-order chi connectivity index (χ1) is 16.4. The van der Waals surface area contributed by atoms with Crippen LogP contribution in [0.3, 0.4) is 0 Å². The molecule has 0 saturated carbocycles. The molecule has 6 nitrogen and oxygen atoms in total. The third-order valence-corrected chi connectivity index (χ3v) is 5.42. The van der Waals surface area contributed by atoms with Crippen LogP contribution in [0.1, 0.15) is 34.0 Å². The van der Waals surface area contributed by atoms with Gasteiger partial charge in [-0.25, -0.2) is 4.79 Å². The molecule has 0 aliphatic heterocycles. The van der Waals surface area contributed by atoms with Crippen LogP contribution in [-0.2, 0) is 16.1 Å². The minimum atomic E-state index is -0.554. The predicted molar refractivity (Wildman–Crippen MR) is 134 cm³/mol. The average Bonchev–Trinajstić information content (AvgIpc) is 2.83. The van der Waals surface area contributed by atoms with Crippen molar-refractivity contribution in [2.75, 3.05) is 11.9 Å². The zero-order valence-electron chi connectivity index (χ0n) is 18.8. The van der Waals surface area contributed by atoms with E-state index in [1.165, 1.54) is 11.6 Å². The van der Waals surface area contributed by atoms with Gasteiger partial charge in [-0.15, -0.1) is 0 Å². The van der Waals surface area contributed by atoms with Crippen molar-refractivity contribution in [2.45, 2.75) is 20.5 Å². The van der Waals surface area contributed by atoms with Crippen LogP contribution in [-0.4, -0.2) is 18.5 Å². The van der Waals surface area contributed by atoms with Crippen LogP contribution in [0.4, 0.5) is 5.69 Å². The highest BCUT2D eigenvalue weighted by molar-refractivity contribution is 9.10. The number of esters is 1. The third-order valence-electron chi connectivity index (χ3n) is 4.80. The molecule has 3 aromatic carbocycles. The van der Waals surface area contributed by atoms with Crippen molar-refractivity contribution in [3.05, 3.63) is 99.0 Å². The van der Waals surface area contributed by atoms with Crippen molar-refractivity contribution in [3.8, 4) is 11.8 Å². The van der Waals surface area contributed by atoms with Crippen LogP contribution >= 0.6 is 15.9 Å². The number of anilines is 1. The quantitative estimate of drug-likeness (QED) is 0.222. The maximum atomic E-state index is 12.6. The summed E-state index contributed by atoms with van der Waals surface area (Å²) >= 11 is 3.49. The topological polar surface area (TPSA) is 88.4 Å². The summed E-state index contributed by atoms with van der Waals surface area (Å²) in [5, 5.41) is 12.2. The molecular weight excluding hydrogens is 496 g/mol. The number of ether oxygens (including phenoxy) is 2. The van der Waals surface area contributed by atoms with Gasteiger partial charge in [0.25, 0.3) is 5.91 Å². The normalized spacial score (nSPS) is 10.8. The fraction of sp³-hybridized carbons (Fsp3) is 0.148. The molecule has 3 rings (SSSR count). The van der Waals surface area contributed by atoms with E-state index < -0.39 is 11.9 Å². The Morgan fingerprint density at radius 1 is 1.06 bits per heavy atom. The first-order valence-electron chi connectivity index (χ1n) is 10.6. The largest absolute Gasteiger partial charge is 0.488 e. The Morgan fingerprint density at radius 2 is 1.76 bits per heavy atom. The number of carbonyl (C=O) groups is 2. The molecule has 0 bridgehead atoms. The standard InChI is InChI=1S/C27H23BrN2O4/c1-3-33-27(32)21-9-11-23(12-10-21)30-26(31)22(16-29)14-20-8-13-25(24(28)15-20)34-17-19-6-4-18(2)5-7-19/h4-15H,3,17H2,1-2H3,(H,30,31)/b22-14+. The summed E-state index contributed by atoms with van der Waals surface area (Å²) in [5.74, 6) is -0.334. The zero-order valence-corrected chi connectivity index (χ0v) is 20.4. The van der Waals surface area contributed by atoms with Gasteiger partial charge >= 0.3 is 5.97 Å². The van der Waals surface area contributed by atoms with Crippen molar-refractivity contribution in [1.82, 2.24) is 0 Å². The highest BCUT2D eigenvalue weighted by atomic mass is 79.9. The summed E-state index contributed by atoms with van der Waals surface area (Å²) in [6, 6.07) is 21.6. The predicted octanol–water partition coefficient (Wildman–Crippen LogP) is 6.06. The van der Waals surface area contributed by atoms with E-state index in [1.807, 2.05) is 37.3 Å². The maximum absolute atomic E-state index is 12.6. The molecule has 0 aromatic heterocycles. The fourth-order valence-electron chi connectivity index (χ4n) is 2.99. The number of benzene rings is 3. The van der Waals surface area contributed by atoms with Crippen LogP contribution < -0.4 is 10.1 Å². The molecule has 0 aliphatic rings. The van der Waals surface area contributed by atoms with Gasteiger partial charge in [-0.3, -0.25) is 4.79 Å². The third kappa shape index (κ3) is 6.80. The smallest absolute Gasteiger partial charge is 0.338 e. The molecule has 0 atom stereocenters. The average molecular weight is 519 g/mol. The Morgan fingerprint density at radius 3 is 2.38 bits per heavy atom. The van der Waals surface area contributed by atoms with Crippen molar-refractivity contribution >= 4 is 39.6 Å². The lowest BCUT2D eigenvalue weighted by atomic mass is 10.1. The first kappa shape index (κ1) is 24.7. The van der Waals surface area contributed by atoms with E-state index in [0.29, 0.717) is 33.6 Å². The Kier molecular flexibility index (Phi) is 8.60. The lowest BCUT2D eigenvalue weighted by Gasteiger charge is -2.10. The van der Waals surface area contributed by atoms with Crippen LogP contribution in [0.5, 0.6) is 5.75 Å². The number of carbonyl (C=O) groups excluding carboxylic acids is 2. The minimum Gasteiger partial charge on any atom is -0.488 e. The Labute approximate surface area is 207 Å². The molecule has 1 amide bonds. The van der Waals surface area contributed by atoms with Gasteiger partial charge in [0, 0.05) is 5.69 Å². The van der Waals surface area contributed by atoms with Gasteiger partial charge in [-0.05, 0) is 83.4 Å². The second-order valence-electron chi connectivity index (χ2n) is 7.39. The molecule has 0 aliphatic carbocycles. The molecular formula is C27H23BrN2O4. The summed E-state index contributed by atoms with van der Waals surface area (Å²) in [6.45, 7) is 4.47. The molecule has 1 N–H and O–H groups in total. The number of hydrogen-bond donors (Lipinski definition) is 1. The number of halogens is 1. The summed E-state index contributed by atoms with van der Waals surface area (Å²) in [6.07, 6.45) is 1.50.